The van der Waals surface area contributed by atoms with Crippen molar-refractivity contribution in [3.63, 3.8) is 0 Å². The van der Waals surface area contributed by atoms with Crippen LogP contribution in [0.3, 0.4) is 0 Å². The molecule has 0 spiro atoms. The topological polar surface area (TPSA) is 18.5 Å². The lowest BCUT2D eigenvalue weighted by Gasteiger charge is -2.03. The van der Waals surface area contributed by atoms with Gasteiger partial charge in [-0.1, -0.05) is 13.8 Å². The predicted molar refractivity (Wildman–Crippen MR) is 50.8 cm³/mol. The van der Waals surface area contributed by atoms with Gasteiger partial charge in [-0.25, -0.2) is 0 Å². The fourth-order valence-electron chi connectivity index (χ4n) is 0.816. The second-order valence-electron chi connectivity index (χ2n) is 2.64. The van der Waals surface area contributed by atoms with E-state index in [4.69, 9.17) is 9.47 Å². The molecule has 0 aromatic heterocycles. The van der Waals surface area contributed by atoms with Crippen LogP contribution in [-0.2, 0) is 9.47 Å². The van der Waals surface area contributed by atoms with E-state index in [0.717, 1.165) is 52.1 Å². The molecule has 72 valence electrons. The van der Waals surface area contributed by atoms with E-state index in [-0.39, 0.29) is 0 Å². The molecule has 2 radical (unpaired) electrons. The molecule has 0 unspecified atom stereocenters. The van der Waals surface area contributed by atoms with E-state index in [9.17, 15) is 0 Å². The van der Waals surface area contributed by atoms with E-state index >= 15 is 0 Å². The highest BCUT2D eigenvalue weighted by Crippen LogP contribution is 1.92. The smallest absolute Gasteiger partial charge is 0.0466 e. The van der Waals surface area contributed by atoms with Gasteiger partial charge < -0.3 is 9.47 Å². The summed E-state index contributed by atoms with van der Waals surface area (Å²) in [4.78, 5) is 0. The molecule has 0 aliphatic heterocycles. The summed E-state index contributed by atoms with van der Waals surface area (Å²) < 4.78 is 10.5. The fraction of sp³-hybridized carbons (Fsp3) is 0.800. The number of hydrogen-bond donors (Lipinski definition) is 0. The molecule has 2 heteroatoms. The van der Waals surface area contributed by atoms with E-state index in [0.29, 0.717) is 0 Å². The van der Waals surface area contributed by atoms with Crippen molar-refractivity contribution in [3.05, 3.63) is 13.8 Å². The summed E-state index contributed by atoms with van der Waals surface area (Å²) in [5, 5.41) is 0. The Bertz CT molecular complexity index is 64.2. The maximum atomic E-state index is 5.26. The second kappa shape index (κ2) is 10.9. The van der Waals surface area contributed by atoms with Crippen LogP contribution < -0.4 is 0 Å². The molecule has 0 N–H and O–H groups in total. The number of hydrogen-bond acceptors (Lipinski definition) is 2. The van der Waals surface area contributed by atoms with Crippen LogP contribution in [0.15, 0.2) is 0 Å². The SMILES string of the molecule is [CH2]CCOCCCCOCC[CH2]. The van der Waals surface area contributed by atoms with Crippen LogP contribution >= 0.6 is 0 Å². The first-order valence-corrected chi connectivity index (χ1v) is 4.65. The van der Waals surface area contributed by atoms with Gasteiger partial charge in [0.05, 0.1) is 0 Å². The van der Waals surface area contributed by atoms with E-state index in [1.165, 1.54) is 0 Å². The van der Waals surface area contributed by atoms with Crippen molar-refractivity contribution in [2.75, 3.05) is 26.4 Å². The molecule has 0 fully saturated rings. The minimum atomic E-state index is 0.778. The maximum absolute atomic E-state index is 5.26. The Hall–Kier alpha value is -0.0800. The first-order chi connectivity index (χ1) is 5.91. The standard InChI is InChI=1S/C10H20O2/c1-3-7-11-9-5-6-10-12-8-4-2/h1-10H2. The van der Waals surface area contributed by atoms with Crippen molar-refractivity contribution >= 4 is 0 Å². The van der Waals surface area contributed by atoms with Gasteiger partial charge in [0.2, 0.25) is 0 Å². The molecular formula is C10H20O2. The first kappa shape index (κ1) is 11.9. The summed E-state index contributed by atoms with van der Waals surface area (Å²) in [6.45, 7) is 10.6. The second-order valence-corrected chi connectivity index (χ2v) is 2.64. The van der Waals surface area contributed by atoms with Crippen molar-refractivity contribution < 1.29 is 9.47 Å². The van der Waals surface area contributed by atoms with Crippen molar-refractivity contribution in [2.24, 2.45) is 0 Å². The highest BCUT2D eigenvalue weighted by atomic mass is 16.5. The van der Waals surface area contributed by atoms with Gasteiger partial charge >= 0.3 is 0 Å². The highest BCUT2D eigenvalue weighted by molar-refractivity contribution is 4.41. The first-order valence-electron chi connectivity index (χ1n) is 4.65. The van der Waals surface area contributed by atoms with Crippen LogP contribution in [-0.4, -0.2) is 26.4 Å². The molecule has 0 atom stereocenters. The molecule has 0 saturated carbocycles. The third-order valence-electron chi connectivity index (χ3n) is 1.40. The van der Waals surface area contributed by atoms with E-state index in [2.05, 4.69) is 13.8 Å². The van der Waals surface area contributed by atoms with Crippen LogP contribution in [0.1, 0.15) is 25.7 Å². The van der Waals surface area contributed by atoms with Crippen LogP contribution in [0.25, 0.3) is 0 Å². The summed E-state index contributed by atoms with van der Waals surface area (Å²) in [6.07, 6.45) is 3.88. The van der Waals surface area contributed by atoms with Crippen LogP contribution in [0.2, 0.25) is 0 Å². The third-order valence-corrected chi connectivity index (χ3v) is 1.40. The van der Waals surface area contributed by atoms with E-state index in [1.54, 1.807) is 0 Å². The van der Waals surface area contributed by atoms with Crippen LogP contribution in [0.4, 0.5) is 0 Å². The lowest BCUT2D eigenvalue weighted by molar-refractivity contribution is 0.106. The van der Waals surface area contributed by atoms with Gasteiger partial charge in [-0.15, -0.1) is 0 Å². The molecule has 0 saturated heterocycles. The van der Waals surface area contributed by atoms with E-state index in [1.807, 2.05) is 0 Å². The van der Waals surface area contributed by atoms with Gasteiger partial charge in [0.15, 0.2) is 0 Å². The Morgan fingerprint density at radius 1 is 0.667 bits per heavy atom. The average molecular weight is 172 g/mol. The Balaban J connectivity index is 2.73. The lowest BCUT2D eigenvalue weighted by Crippen LogP contribution is -2.00. The lowest BCUT2D eigenvalue weighted by atomic mass is 10.3. The Kier molecular flexibility index (Phi) is 10.8. The Morgan fingerprint density at radius 2 is 1.08 bits per heavy atom. The number of rotatable bonds is 9. The zero-order valence-electron chi connectivity index (χ0n) is 7.89. The van der Waals surface area contributed by atoms with Crippen LogP contribution in [0, 0.1) is 13.8 Å². The summed E-state index contributed by atoms with van der Waals surface area (Å²) in [6, 6.07) is 0. The normalized spacial score (nSPS) is 10.5. The molecule has 0 aliphatic carbocycles. The Morgan fingerprint density at radius 3 is 1.42 bits per heavy atom. The molecular weight excluding hydrogens is 152 g/mol. The quantitative estimate of drug-likeness (QED) is 0.497. The van der Waals surface area contributed by atoms with Crippen LogP contribution in [0.5, 0.6) is 0 Å². The summed E-state index contributed by atoms with van der Waals surface area (Å²) in [5.41, 5.74) is 0. The zero-order chi connectivity index (χ0) is 9.07. The van der Waals surface area contributed by atoms with Crippen molar-refractivity contribution in [1.82, 2.24) is 0 Å². The zero-order valence-corrected chi connectivity index (χ0v) is 7.89. The molecule has 0 aliphatic rings. The predicted octanol–water partition coefficient (Wildman–Crippen LogP) is 2.25. The van der Waals surface area contributed by atoms with Gasteiger partial charge in [-0.05, 0) is 25.7 Å². The van der Waals surface area contributed by atoms with Gasteiger partial charge in [0.1, 0.15) is 0 Å². The van der Waals surface area contributed by atoms with Gasteiger partial charge in [0, 0.05) is 26.4 Å². The van der Waals surface area contributed by atoms with Gasteiger partial charge in [0.25, 0.3) is 0 Å². The minimum absolute atomic E-state index is 0.778. The summed E-state index contributed by atoms with van der Waals surface area (Å²) >= 11 is 0. The monoisotopic (exact) mass is 172 g/mol. The molecule has 0 aromatic carbocycles. The minimum Gasteiger partial charge on any atom is -0.381 e. The largest absolute Gasteiger partial charge is 0.381 e. The maximum Gasteiger partial charge on any atom is 0.0466 e. The van der Waals surface area contributed by atoms with Crippen molar-refractivity contribution in [2.45, 2.75) is 25.7 Å². The molecule has 12 heavy (non-hydrogen) atoms. The average Bonchev–Trinajstić information content (AvgIpc) is 2.10. The molecule has 0 bridgehead atoms. The highest BCUT2D eigenvalue weighted by Gasteiger charge is 1.89. The number of ether oxygens (including phenoxy) is 2. The number of unbranched alkanes of at least 4 members (excludes halogenated alkanes) is 1. The Labute approximate surface area is 76.3 Å². The molecule has 0 heterocycles. The molecule has 0 amide bonds. The van der Waals surface area contributed by atoms with Crippen molar-refractivity contribution in [1.29, 1.82) is 0 Å². The molecule has 0 rings (SSSR count). The fourth-order valence-corrected chi connectivity index (χ4v) is 0.816. The third kappa shape index (κ3) is 9.92. The molecule has 2 nitrogen and oxygen atoms in total. The molecule has 0 aromatic rings. The van der Waals surface area contributed by atoms with Crippen molar-refractivity contribution in [3.8, 4) is 0 Å². The van der Waals surface area contributed by atoms with E-state index < -0.39 is 0 Å². The summed E-state index contributed by atoms with van der Waals surface area (Å²) in [7, 11) is 0. The summed E-state index contributed by atoms with van der Waals surface area (Å²) in [5.74, 6) is 0. The van der Waals surface area contributed by atoms with Gasteiger partial charge in [-0.2, -0.15) is 0 Å². The van der Waals surface area contributed by atoms with Gasteiger partial charge in [-0.3, -0.25) is 0 Å².